The fourth-order valence-electron chi connectivity index (χ4n) is 2.01. The van der Waals surface area contributed by atoms with E-state index in [0.29, 0.717) is 0 Å². The van der Waals surface area contributed by atoms with E-state index in [-0.39, 0.29) is 16.4 Å². The number of aromatic hydroxyl groups is 1. The maximum atomic E-state index is 12.1. The highest BCUT2D eigenvalue weighted by Crippen LogP contribution is 2.24. The average Bonchev–Trinajstić information content (AvgIpc) is 2.47. The summed E-state index contributed by atoms with van der Waals surface area (Å²) in [5.41, 5.74) is 0. The van der Waals surface area contributed by atoms with Crippen LogP contribution in [-0.4, -0.2) is 13.5 Å². The van der Waals surface area contributed by atoms with Gasteiger partial charge in [0.15, 0.2) is 0 Å². The van der Waals surface area contributed by atoms with Gasteiger partial charge in [-0.05, 0) is 47.2 Å². The Morgan fingerprint density at radius 3 is 2.19 bits per heavy atom. The molecule has 0 amide bonds. The van der Waals surface area contributed by atoms with Crippen LogP contribution in [0.2, 0.25) is 0 Å². The molecule has 4 nitrogen and oxygen atoms in total. The topological polar surface area (TPSA) is 63.6 Å². The van der Waals surface area contributed by atoms with Gasteiger partial charge in [-0.3, -0.25) is 0 Å². The van der Waals surface area contributed by atoms with E-state index in [1.165, 1.54) is 24.3 Å². The normalized spacial score (nSPS) is 11.4. The van der Waals surface area contributed by atoms with Crippen LogP contribution in [0.25, 0.3) is 10.8 Å². The summed E-state index contributed by atoms with van der Waals surface area (Å²) in [6.07, 6.45) is 0. The second kappa shape index (κ2) is 5.10. The lowest BCUT2D eigenvalue weighted by Gasteiger charge is -2.08. The molecule has 106 valence electrons. The highest BCUT2D eigenvalue weighted by Gasteiger charge is 2.16. The van der Waals surface area contributed by atoms with Crippen molar-refractivity contribution in [2.75, 3.05) is 0 Å². The van der Waals surface area contributed by atoms with E-state index in [2.05, 4.69) is 0 Å². The zero-order chi connectivity index (χ0) is 14.9. The van der Waals surface area contributed by atoms with Crippen LogP contribution in [-0.2, 0) is 10.1 Å². The van der Waals surface area contributed by atoms with E-state index in [1.54, 1.807) is 18.2 Å². The number of benzene rings is 3. The molecule has 5 heteroatoms. The first kappa shape index (κ1) is 13.5. The van der Waals surface area contributed by atoms with Crippen LogP contribution in [0.15, 0.2) is 71.6 Å². The molecule has 0 aliphatic carbocycles. The predicted molar refractivity (Wildman–Crippen MR) is 79.9 cm³/mol. The first-order valence-electron chi connectivity index (χ1n) is 6.27. The smallest absolute Gasteiger partial charge is 0.339 e. The van der Waals surface area contributed by atoms with Crippen molar-refractivity contribution < 1.29 is 17.7 Å². The summed E-state index contributed by atoms with van der Waals surface area (Å²) in [6.45, 7) is 0. The average molecular weight is 300 g/mol. The minimum atomic E-state index is -3.91. The SMILES string of the molecule is O=S(=O)(Oc1ccc2ccccc2c1)c1ccc(O)cc1. The lowest BCUT2D eigenvalue weighted by molar-refractivity contribution is 0.473. The quantitative estimate of drug-likeness (QED) is 0.754. The van der Waals surface area contributed by atoms with Crippen LogP contribution in [0.3, 0.4) is 0 Å². The molecule has 3 rings (SSSR count). The molecule has 0 spiro atoms. The number of rotatable bonds is 3. The Balaban J connectivity index is 1.95. The predicted octanol–water partition coefficient (Wildman–Crippen LogP) is 3.31. The van der Waals surface area contributed by atoms with Crippen molar-refractivity contribution >= 4 is 20.9 Å². The molecule has 0 fully saturated rings. The summed E-state index contributed by atoms with van der Waals surface area (Å²) >= 11 is 0. The molecular formula is C16H12O4S. The largest absolute Gasteiger partial charge is 0.508 e. The standard InChI is InChI=1S/C16H12O4S/c17-14-6-9-16(10-7-14)21(18,19)20-15-8-5-12-3-1-2-4-13(12)11-15/h1-11,17H. The molecule has 0 saturated heterocycles. The first-order chi connectivity index (χ1) is 10.0. The van der Waals surface area contributed by atoms with Crippen molar-refractivity contribution in [2.45, 2.75) is 4.90 Å². The van der Waals surface area contributed by atoms with Gasteiger partial charge in [0.2, 0.25) is 0 Å². The van der Waals surface area contributed by atoms with Gasteiger partial charge in [0.05, 0.1) is 0 Å². The molecule has 0 unspecified atom stereocenters. The molecule has 3 aromatic carbocycles. The van der Waals surface area contributed by atoms with E-state index < -0.39 is 10.1 Å². The van der Waals surface area contributed by atoms with Gasteiger partial charge in [-0.2, -0.15) is 8.42 Å². The van der Waals surface area contributed by atoms with Gasteiger partial charge in [0, 0.05) is 0 Å². The van der Waals surface area contributed by atoms with Crippen molar-refractivity contribution in [3.8, 4) is 11.5 Å². The Morgan fingerprint density at radius 1 is 0.810 bits per heavy atom. The summed E-state index contributed by atoms with van der Waals surface area (Å²) in [4.78, 5) is -0.00606. The van der Waals surface area contributed by atoms with Crippen LogP contribution in [0, 0.1) is 0 Å². The van der Waals surface area contributed by atoms with Crippen molar-refractivity contribution in [1.29, 1.82) is 0 Å². The number of fused-ring (bicyclic) bond motifs is 1. The summed E-state index contributed by atoms with van der Waals surface area (Å²) in [5.74, 6) is 0.251. The zero-order valence-electron chi connectivity index (χ0n) is 10.9. The molecule has 0 bridgehead atoms. The molecule has 0 aromatic heterocycles. The van der Waals surface area contributed by atoms with Crippen LogP contribution in [0.5, 0.6) is 11.5 Å². The molecular weight excluding hydrogens is 288 g/mol. The lowest BCUT2D eigenvalue weighted by Crippen LogP contribution is -2.09. The van der Waals surface area contributed by atoms with Crippen LogP contribution < -0.4 is 4.18 Å². The fraction of sp³-hybridized carbons (Fsp3) is 0. The highest BCUT2D eigenvalue weighted by atomic mass is 32.2. The second-order valence-corrected chi connectivity index (χ2v) is 6.09. The maximum absolute atomic E-state index is 12.1. The van der Waals surface area contributed by atoms with E-state index in [1.807, 2.05) is 24.3 Å². The van der Waals surface area contributed by atoms with E-state index in [9.17, 15) is 13.5 Å². The van der Waals surface area contributed by atoms with E-state index >= 15 is 0 Å². The van der Waals surface area contributed by atoms with Crippen molar-refractivity contribution in [3.05, 3.63) is 66.7 Å². The van der Waals surface area contributed by atoms with Gasteiger partial charge >= 0.3 is 10.1 Å². The van der Waals surface area contributed by atoms with E-state index in [4.69, 9.17) is 4.18 Å². The number of phenols is 1. The van der Waals surface area contributed by atoms with Gasteiger partial charge in [-0.1, -0.05) is 30.3 Å². The third-order valence-electron chi connectivity index (χ3n) is 3.05. The van der Waals surface area contributed by atoms with Gasteiger partial charge in [-0.15, -0.1) is 0 Å². The number of phenolic OH excluding ortho intramolecular Hbond substituents is 1. The van der Waals surface area contributed by atoms with Crippen LogP contribution in [0.4, 0.5) is 0 Å². The Labute approximate surface area is 122 Å². The summed E-state index contributed by atoms with van der Waals surface area (Å²) in [5, 5.41) is 11.1. The third kappa shape index (κ3) is 2.83. The second-order valence-electron chi connectivity index (χ2n) is 4.54. The molecule has 0 radical (unpaired) electrons. The minimum Gasteiger partial charge on any atom is -0.508 e. The third-order valence-corrected chi connectivity index (χ3v) is 4.31. The maximum Gasteiger partial charge on any atom is 0.339 e. The molecule has 1 N–H and O–H groups in total. The number of hydrogen-bond acceptors (Lipinski definition) is 4. The van der Waals surface area contributed by atoms with Gasteiger partial charge in [0.25, 0.3) is 0 Å². The minimum absolute atomic E-state index is 0.000319. The Morgan fingerprint density at radius 2 is 1.48 bits per heavy atom. The fourth-order valence-corrected chi connectivity index (χ4v) is 2.93. The van der Waals surface area contributed by atoms with Gasteiger partial charge < -0.3 is 9.29 Å². The van der Waals surface area contributed by atoms with E-state index in [0.717, 1.165) is 10.8 Å². The Hall–Kier alpha value is -2.53. The lowest BCUT2D eigenvalue weighted by atomic mass is 10.1. The Bertz CT molecular complexity index is 884. The first-order valence-corrected chi connectivity index (χ1v) is 7.68. The highest BCUT2D eigenvalue weighted by molar-refractivity contribution is 7.87. The zero-order valence-corrected chi connectivity index (χ0v) is 11.7. The van der Waals surface area contributed by atoms with Crippen molar-refractivity contribution in [2.24, 2.45) is 0 Å². The molecule has 21 heavy (non-hydrogen) atoms. The molecule has 0 aliphatic rings. The van der Waals surface area contributed by atoms with Gasteiger partial charge in [0.1, 0.15) is 16.4 Å². The van der Waals surface area contributed by atoms with Crippen molar-refractivity contribution in [1.82, 2.24) is 0 Å². The summed E-state index contributed by atoms with van der Waals surface area (Å²) in [7, 11) is -3.91. The monoisotopic (exact) mass is 300 g/mol. The van der Waals surface area contributed by atoms with Gasteiger partial charge in [-0.25, -0.2) is 0 Å². The van der Waals surface area contributed by atoms with Crippen LogP contribution >= 0.6 is 0 Å². The van der Waals surface area contributed by atoms with Crippen LogP contribution in [0.1, 0.15) is 0 Å². The molecule has 0 saturated carbocycles. The molecule has 0 atom stereocenters. The molecule has 0 aliphatic heterocycles. The van der Waals surface area contributed by atoms with Crippen molar-refractivity contribution in [3.63, 3.8) is 0 Å². The summed E-state index contributed by atoms with van der Waals surface area (Å²) < 4.78 is 29.4. The Kier molecular flexibility index (Phi) is 3.27. The molecule has 3 aromatic rings. The summed E-state index contributed by atoms with van der Waals surface area (Å²) in [6, 6.07) is 17.9. The molecule has 0 heterocycles. The number of hydrogen-bond donors (Lipinski definition) is 1.